The standard InChI is InChI=1S/C13H21NO/c14-11-13(6-3-1-2-4-7-13)9-12-5-8-15-10-12/h5,8,10H,1-4,6-7,9,11,14H2. The van der Waals surface area contributed by atoms with Crippen LogP contribution in [-0.2, 0) is 6.42 Å². The molecule has 1 fully saturated rings. The second kappa shape index (κ2) is 4.84. The van der Waals surface area contributed by atoms with E-state index >= 15 is 0 Å². The van der Waals surface area contributed by atoms with Crippen LogP contribution < -0.4 is 5.73 Å². The first-order valence-electron chi connectivity index (χ1n) is 6.06. The van der Waals surface area contributed by atoms with Crippen molar-refractivity contribution < 1.29 is 4.42 Å². The van der Waals surface area contributed by atoms with Crippen molar-refractivity contribution in [2.45, 2.75) is 44.9 Å². The fourth-order valence-corrected chi connectivity index (χ4v) is 2.76. The van der Waals surface area contributed by atoms with Crippen LogP contribution in [0, 0.1) is 5.41 Å². The molecule has 2 nitrogen and oxygen atoms in total. The topological polar surface area (TPSA) is 39.2 Å². The minimum absolute atomic E-state index is 0.348. The zero-order chi connectivity index (χ0) is 10.6. The molecule has 0 amide bonds. The van der Waals surface area contributed by atoms with E-state index in [2.05, 4.69) is 6.07 Å². The molecule has 1 saturated carbocycles. The van der Waals surface area contributed by atoms with Crippen LogP contribution in [0.3, 0.4) is 0 Å². The van der Waals surface area contributed by atoms with E-state index < -0.39 is 0 Å². The molecule has 0 aliphatic heterocycles. The van der Waals surface area contributed by atoms with Crippen LogP contribution in [0.15, 0.2) is 23.0 Å². The minimum Gasteiger partial charge on any atom is -0.472 e. The molecule has 84 valence electrons. The van der Waals surface area contributed by atoms with Gasteiger partial charge in [-0.15, -0.1) is 0 Å². The SMILES string of the molecule is NCC1(Cc2ccoc2)CCCCCC1. The molecule has 1 aromatic heterocycles. The molecule has 0 aromatic carbocycles. The Morgan fingerprint density at radius 2 is 1.93 bits per heavy atom. The van der Waals surface area contributed by atoms with E-state index in [1.807, 2.05) is 6.26 Å². The molecule has 2 heteroatoms. The smallest absolute Gasteiger partial charge is 0.0934 e. The van der Waals surface area contributed by atoms with Gasteiger partial charge in [-0.2, -0.15) is 0 Å². The van der Waals surface area contributed by atoms with Crippen LogP contribution in [0.25, 0.3) is 0 Å². The van der Waals surface area contributed by atoms with Gasteiger partial charge < -0.3 is 10.2 Å². The van der Waals surface area contributed by atoms with E-state index in [0.29, 0.717) is 5.41 Å². The third-order valence-electron chi connectivity index (χ3n) is 3.76. The number of hydrogen-bond donors (Lipinski definition) is 1. The van der Waals surface area contributed by atoms with Crippen LogP contribution >= 0.6 is 0 Å². The Hall–Kier alpha value is -0.760. The van der Waals surface area contributed by atoms with E-state index in [0.717, 1.165) is 13.0 Å². The summed E-state index contributed by atoms with van der Waals surface area (Å²) in [5, 5.41) is 0. The quantitative estimate of drug-likeness (QED) is 0.773. The summed E-state index contributed by atoms with van der Waals surface area (Å²) in [6.07, 6.45) is 12.7. The summed E-state index contributed by atoms with van der Waals surface area (Å²) in [5.74, 6) is 0. The summed E-state index contributed by atoms with van der Waals surface area (Å²) in [7, 11) is 0. The van der Waals surface area contributed by atoms with Gasteiger partial charge in [-0.3, -0.25) is 0 Å². The highest BCUT2D eigenvalue weighted by atomic mass is 16.3. The lowest BCUT2D eigenvalue weighted by Gasteiger charge is -2.31. The zero-order valence-corrected chi connectivity index (χ0v) is 9.37. The lowest BCUT2D eigenvalue weighted by molar-refractivity contribution is 0.252. The van der Waals surface area contributed by atoms with Gasteiger partial charge in [-0.05, 0) is 42.9 Å². The van der Waals surface area contributed by atoms with Crippen LogP contribution in [0.4, 0.5) is 0 Å². The molecule has 1 aliphatic carbocycles. The Morgan fingerprint density at radius 1 is 1.20 bits per heavy atom. The molecule has 0 atom stereocenters. The highest BCUT2D eigenvalue weighted by Crippen LogP contribution is 2.37. The summed E-state index contributed by atoms with van der Waals surface area (Å²) in [5.41, 5.74) is 7.65. The van der Waals surface area contributed by atoms with E-state index in [1.54, 1.807) is 6.26 Å². The molecule has 0 spiro atoms. The fraction of sp³-hybridized carbons (Fsp3) is 0.692. The van der Waals surface area contributed by atoms with Crippen molar-refractivity contribution in [1.29, 1.82) is 0 Å². The Bertz CT molecular complexity index is 271. The molecule has 2 rings (SSSR count). The second-order valence-electron chi connectivity index (χ2n) is 4.93. The monoisotopic (exact) mass is 207 g/mol. The Balaban J connectivity index is 2.05. The molecule has 15 heavy (non-hydrogen) atoms. The van der Waals surface area contributed by atoms with Gasteiger partial charge in [-0.1, -0.05) is 25.7 Å². The lowest BCUT2D eigenvalue weighted by atomic mass is 9.76. The third-order valence-corrected chi connectivity index (χ3v) is 3.76. The molecule has 0 bridgehead atoms. The summed E-state index contributed by atoms with van der Waals surface area (Å²) < 4.78 is 5.14. The summed E-state index contributed by atoms with van der Waals surface area (Å²) in [6.45, 7) is 0.818. The number of rotatable bonds is 3. The van der Waals surface area contributed by atoms with Crippen LogP contribution in [0.5, 0.6) is 0 Å². The van der Waals surface area contributed by atoms with Crippen molar-refractivity contribution in [3.63, 3.8) is 0 Å². The Labute approximate surface area is 91.8 Å². The normalized spacial score (nSPS) is 21.1. The maximum absolute atomic E-state index is 5.99. The van der Waals surface area contributed by atoms with Crippen molar-refractivity contribution in [1.82, 2.24) is 0 Å². The maximum Gasteiger partial charge on any atom is 0.0934 e. The number of nitrogens with two attached hydrogens (primary N) is 1. The second-order valence-corrected chi connectivity index (χ2v) is 4.93. The molecule has 2 N–H and O–H groups in total. The van der Waals surface area contributed by atoms with Gasteiger partial charge in [0.2, 0.25) is 0 Å². The summed E-state index contributed by atoms with van der Waals surface area (Å²) >= 11 is 0. The number of furan rings is 1. The molecule has 0 radical (unpaired) electrons. The van der Waals surface area contributed by atoms with Gasteiger partial charge >= 0.3 is 0 Å². The van der Waals surface area contributed by atoms with Gasteiger partial charge in [0.05, 0.1) is 12.5 Å². The molecule has 1 aliphatic rings. The minimum atomic E-state index is 0.348. The first-order valence-corrected chi connectivity index (χ1v) is 6.06. The lowest BCUT2D eigenvalue weighted by Crippen LogP contribution is -2.32. The first-order chi connectivity index (χ1) is 7.35. The average molecular weight is 207 g/mol. The molecular weight excluding hydrogens is 186 g/mol. The molecular formula is C13H21NO. The predicted molar refractivity (Wildman–Crippen MR) is 61.6 cm³/mol. The average Bonchev–Trinajstić information content (AvgIpc) is 2.64. The predicted octanol–water partition coefficient (Wildman–Crippen LogP) is 3.12. The number of hydrogen-bond acceptors (Lipinski definition) is 2. The van der Waals surface area contributed by atoms with Gasteiger partial charge in [0.15, 0.2) is 0 Å². The van der Waals surface area contributed by atoms with Crippen molar-refractivity contribution in [3.05, 3.63) is 24.2 Å². The van der Waals surface area contributed by atoms with E-state index in [1.165, 1.54) is 44.1 Å². The van der Waals surface area contributed by atoms with Gasteiger partial charge in [0.25, 0.3) is 0 Å². The molecule has 1 heterocycles. The highest BCUT2D eigenvalue weighted by molar-refractivity contribution is 5.09. The Morgan fingerprint density at radius 3 is 2.47 bits per heavy atom. The van der Waals surface area contributed by atoms with Crippen LogP contribution in [0.1, 0.15) is 44.1 Å². The van der Waals surface area contributed by atoms with Crippen LogP contribution in [-0.4, -0.2) is 6.54 Å². The maximum atomic E-state index is 5.99. The zero-order valence-electron chi connectivity index (χ0n) is 9.37. The van der Waals surface area contributed by atoms with E-state index in [-0.39, 0.29) is 0 Å². The van der Waals surface area contributed by atoms with E-state index in [9.17, 15) is 0 Å². The molecule has 0 unspecified atom stereocenters. The summed E-state index contributed by atoms with van der Waals surface area (Å²) in [6, 6.07) is 2.07. The fourth-order valence-electron chi connectivity index (χ4n) is 2.76. The van der Waals surface area contributed by atoms with Gasteiger partial charge in [0, 0.05) is 0 Å². The van der Waals surface area contributed by atoms with Gasteiger partial charge in [0.1, 0.15) is 0 Å². The third kappa shape index (κ3) is 2.63. The van der Waals surface area contributed by atoms with Crippen molar-refractivity contribution in [3.8, 4) is 0 Å². The van der Waals surface area contributed by atoms with E-state index in [4.69, 9.17) is 10.2 Å². The van der Waals surface area contributed by atoms with Crippen molar-refractivity contribution in [2.75, 3.05) is 6.54 Å². The Kier molecular flexibility index (Phi) is 3.47. The first kappa shape index (κ1) is 10.7. The molecule has 0 saturated heterocycles. The van der Waals surface area contributed by atoms with Crippen LogP contribution in [0.2, 0.25) is 0 Å². The van der Waals surface area contributed by atoms with Crippen molar-refractivity contribution in [2.24, 2.45) is 11.1 Å². The van der Waals surface area contributed by atoms with Gasteiger partial charge in [-0.25, -0.2) is 0 Å². The molecule has 1 aromatic rings. The highest BCUT2D eigenvalue weighted by Gasteiger charge is 2.29. The summed E-state index contributed by atoms with van der Waals surface area (Å²) in [4.78, 5) is 0. The van der Waals surface area contributed by atoms with Crippen molar-refractivity contribution >= 4 is 0 Å². The largest absolute Gasteiger partial charge is 0.472 e.